The van der Waals surface area contributed by atoms with Gasteiger partial charge < -0.3 is 9.05 Å². The Morgan fingerprint density at radius 2 is 1.93 bits per heavy atom. The van der Waals surface area contributed by atoms with E-state index >= 15 is 0 Å². The maximum Gasteiger partial charge on any atom is 0.0946 e. The van der Waals surface area contributed by atoms with Crippen molar-refractivity contribution < 1.29 is 4.48 Å². The van der Waals surface area contributed by atoms with Crippen LogP contribution in [0, 0.1) is 0 Å². The molecule has 0 spiro atoms. The highest BCUT2D eigenvalue weighted by Gasteiger charge is 2.23. The van der Waals surface area contributed by atoms with Gasteiger partial charge in [-0.3, -0.25) is 4.90 Å². The average molecular weight is 209 g/mol. The van der Waals surface area contributed by atoms with Crippen LogP contribution in [-0.4, -0.2) is 65.8 Å². The molecule has 0 N–H and O–H groups in total. The van der Waals surface area contributed by atoms with Gasteiger partial charge in [-0.15, -0.1) is 0 Å². The highest BCUT2D eigenvalue weighted by atomic mass is 15.4. The van der Waals surface area contributed by atoms with Crippen molar-refractivity contribution in [2.24, 2.45) is 0 Å². The quantitative estimate of drug-likeness (QED) is 0.667. The minimum Gasteiger partial charge on any atom is -0.336 e. The topological polar surface area (TPSA) is 21.1 Å². The molecule has 4 heteroatoms. The van der Waals surface area contributed by atoms with E-state index < -0.39 is 0 Å². The van der Waals surface area contributed by atoms with Crippen molar-refractivity contribution in [3.63, 3.8) is 0 Å². The molecule has 0 radical (unpaired) electrons. The summed E-state index contributed by atoms with van der Waals surface area (Å²) in [6.07, 6.45) is 5.77. The number of likely N-dealkylation sites (N-methyl/N-ethyl adjacent to an activating group) is 1. The Morgan fingerprint density at radius 1 is 1.20 bits per heavy atom. The van der Waals surface area contributed by atoms with Crippen LogP contribution in [0.5, 0.6) is 0 Å². The van der Waals surface area contributed by atoms with Gasteiger partial charge in [-0.25, -0.2) is 4.98 Å². The second kappa shape index (κ2) is 4.33. The zero-order valence-electron chi connectivity index (χ0n) is 9.76. The van der Waals surface area contributed by atoms with E-state index in [4.69, 9.17) is 0 Å². The van der Waals surface area contributed by atoms with Crippen molar-refractivity contribution >= 4 is 0 Å². The van der Waals surface area contributed by atoms with Crippen molar-refractivity contribution in [2.45, 2.75) is 6.54 Å². The first-order valence-electron chi connectivity index (χ1n) is 5.66. The van der Waals surface area contributed by atoms with Gasteiger partial charge in [-0.1, -0.05) is 0 Å². The van der Waals surface area contributed by atoms with Crippen LogP contribution in [0.1, 0.15) is 0 Å². The summed E-state index contributed by atoms with van der Waals surface area (Å²) in [5.74, 6) is 0. The molecule has 2 heterocycles. The predicted molar refractivity (Wildman–Crippen MR) is 60.5 cm³/mol. The van der Waals surface area contributed by atoms with Crippen molar-refractivity contribution in [1.29, 1.82) is 0 Å². The summed E-state index contributed by atoms with van der Waals surface area (Å²) in [7, 11) is 4.63. The van der Waals surface area contributed by atoms with Gasteiger partial charge in [-0.2, -0.15) is 0 Å². The zero-order chi connectivity index (χ0) is 10.7. The van der Waals surface area contributed by atoms with E-state index in [-0.39, 0.29) is 0 Å². The first kappa shape index (κ1) is 10.6. The molecule has 0 saturated carbocycles. The molecule has 0 atom stereocenters. The molecule has 1 fully saturated rings. The maximum atomic E-state index is 4.05. The number of imidazole rings is 1. The summed E-state index contributed by atoms with van der Waals surface area (Å²) in [6.45, 7) is 7.20. The number of piperazine rings is 1. The summed E-state index contributed by atoms with van der Waals surface area (Å²) in [5, 5.41) is 0. The molecule has 15 heavy (non-hydrogen) atoms. The van der Waals surface area contributed by atoms with E-state index in [2.05, 4.69) is 28.5 Å². The molecule has 0 unspecified atom stereocenters. The number of nitrogens with zero attached hydrogens (tertiary/aromatic N) is 4. The lowest BCUT2D eigenvalue weighted by molar-refractivity contribution is -0.894. The van der Waals surface area contributed by atoms with Gasteiger partial charge in [0, 0.05) is 38.6 Å². The Bertz CT molecular complexity index is 282. The normalized spacial score (nSPS) is 21.7. The van der Waals surface area contributed by atoms with E-state index in [1.807, 2.05) is 18.7 Å². The van der Waals surface area contributed by atoms with Crippen LogP contribution in [0.15, 0.2) is 18.7 Å². The minimum atomic E-state index is 1.06. The summed E-state index contributed by atoms with van der Waals surface area (Å²) >= 11 is 0. The number of aromatic nitrogens is 2. The van der Waals surface area contributed by atoms with Gasteiger partial charge in [0.2, 0.25) is 0 Å². The van der Waals surface area contributed by atoms with E-state index in [9.17, 15) is 0 Å². The lowest BCUT2D eigenvalue weighted by atomic mass is 10.3. The summed E-state index contributed by atoms with van der Waals surface area (Å²) in [5.41, 5.74) is 0. The monoisotopic (exact) mass is 209 g/mol. The third-order valence-electron chi connectivity index (χ3n) is 3.28. The molecular weight excluding hydrogens is 188 g/mol. The van der Waals surface area contributed by atoms with Crippen molar-refractivity contribution in [2.75, 3.05) is 46.8 Å². The zero-order valence-corrected chi connectivity index (χ0v) is 9.76. The molecule has 0 bridgehead atoms. The highest BCUT2D eigenvalue weighted by molar-refractivity contribution is 4.75. The van der Waals surface area contributed by atoms with E-state index in [0.717, 1.165) is 13.1 Å². The molecule has 4 nitrogen and oxygen atoms in total. The Balaban J connectivity index is 1.73. The van der Waals surface area contributed by atoms with Crippen molar-refractivity contribution in [3.8, 4) is 0 Å². The molecule has 1 aliphatic heterocycles. The Kier molecular flexibility index (Phi) is 3.07. The summed E-state index contributed by atoms with van der Waals surface area (Å²) in [4.78, 5) is 6.60. The van der Waals surface area contributed by atoms with Crippen LogP contribution in [0.25, 0.3) is 0 Å². The molecule has 2 rings (SSSR count). The average Bonchev–Trinajstić information content (AvgIpc) is 2.69. The number of rotatable bonds is 3. The lowest BCUT2D eigenvalue weighted by Crippen LogP contribution is -2.55. The molecule has 1 saturated heterocycles. The third-order valence-corrected chi connectivity index (χ3v) is 3.28. The van der Waals surface area contributed by atoms with Crippen LogP contribution < -0.4 is 0 Å². The SMILES string of the molecule is C[N+]1(C)CCN(CCn2ccnc2)CC1. The predicted octanol–water partition coefficient (Wildman–Crippen LogP) is 0.275. The standard InChI is InChI=1S/C11H21N4/c1-15(2)9-7-13(8-10-15)5-6-14-4-3-12-11-14/h3-4,11H,5-10H2,1-2H3/q+1. The fourth-order valence-electron chi connectivity index (χ4n) is 1.95. The van der Waals surface area contributed by atoms with Gasteiger partial charge >= 0.3 is 0 Å². The molecule has 0 aromatic carbocycles. The van der Waals surface area contributed by atoms with Gasteiger partial charge in [0.15, 0.2) is 0 Å². The molecule has 0 amide bonds. The highest BCUT2D eigenvalue weighted by Crippen LogP contribution is 2.06. The summed E-state index contributed by atoms with van der Waals surface area (Å²) < 4.78 is 3.32. The third kappa shape index (κ3) is 3.04. The van der Waals surface area contributed by atoms with Crippen molar-refractivity contribution in [1.82, 2.24) is 14.5 Å². The van der Waals surface area contributed by atoms with Crippen LogP contribution >= 0.6 is 0 Å². The minimum absolute atomic E-state index is 1.06. The number of hydrogen-bond donors (Lipinski definition) is 0. The lowest BCUT2D eigenvalue weighted by Gasteiger charge is -2.39. The molecule has 84 valence electrons. The first-order valence-corrected chi connectivity index (χ1v) is 5.66. The van der Waals surface area contributed by atoms with Gasteiger partial charge in [0.25, 0.3) is 0 Å². The van der Waals surface area contributed by atoms with Gasteiger partial charge in [0.1, 0.15) is 0 Å². The smallest absolute Gasteiger partial charge is 0.0946 e. The Labute approximate surface area is 91.7 Å². The van der Waals surface area contributed by atoms with Crippen LogP contribution in [0.2, 0.25) is 0 Å². The maximum absolute atomic E-state index is 4.05. The fraction of sp³-hybridized carbons (Fsp3) is 0.727. The van der Waals surface area contributed by atoms with Crippen LogP contribution in [0.3, 0.4) is 0 Å². The Morgan fingerprint density at radius 3 is 2.53 bits per heavy atom. The van der Waals surface area contributed by atoms with Crippen LogP contribution in [-0.2, 0) is 6.54 Å². The number of quaternary nitrogens is 1. The van der Waals surface area contributed by atoms with E-state index in [0.29, 0.717) is 0 Å². The van der Waals surface area contributed by atoms with Crippen LogP contribution in [0.4, 0.5) is 0 Å². The largest absolute Gasteiger partial charge is 0.336 e. The molecular formula is C11H21N4+. The molecule has 1 aromatic rings. The second-order valence-corrected chi connectivity index (χ2v) is 5.03. The van der Waals surface area contributed by atoms with E-state index in [1.54, 1.807) is 0 Å². The fourth-order valence-corrected chi connectivity index (χ4v) is 1.95. The van der Waals surface area contributed by atoms with Gasteiger partial charge in [-0.05, 0) is 0 Å². The van der Waals surface area contributed by atoms with Gasteiger partial charge in [0.05, 0.1) is 33.5 Å². The Hall–Kier alpha value is -0.870. The molecule has 1 aromatic heterocycles. The first-order chi connectivity index (χ1) is 7.16. The van der Waals surface area contributed by atoms with Crippen molar-refractivity contribution in [3.05, 3.63) is 18.7 Å². The molecule has 1 aliphatic rings. The van der Waals surface area contributed by atoms with E-state index in [1.165, 1.54) is 30.7 Å². The number of hydrogen-bond acceptors (Lipinski definition) is 2. The summed E-state index contributed by atoms with van der Waals surface area (Å²) in [6, 6.07) is 0. The molecule has 0 aliphatic carbocycles. The second-order valence-electron chi connectivity index (χ2n) is 5.03.